The van der Waals surface area contributed by atoms with Gasteiger partial charge in [-0.25, -0.2) is 0 Å². The fourth-order valence-corrected chi connectivity index (χ4v) is 1.06. The zero-order valence-corrected chi connectivity index (χ0v) is 6.81. The van der Waals surface area contributed by atoms with Gasteiger partial charge < -0.3 is 10.5 Å². The summed E-state index contributed by atoms with van der Waals surface area (Å²) in [5.41, 5.74) is 5.33. The number of hydrogen-bond acceptors (Lipinski definition) is 2. The van der Waals surface area contributed by atoms with E-state index in [0.717, 1.165) is 19.6 Å². The van der Waals surface area contributed by atoms with Gasteiger partial charge >= 0.3 is 7.54 Å². The molecule has 1 heterocycles. The Morgan fingerprint density at radius 2 is 2.00 bits per heavy atom. The maximum Gasteiger partial charge on any atom is 0.762 e. The molecule has 0 aliphatic carbocycles. The van der Waals surface area contributed by atoms with Gasteiger partial charge in [0.1, 0.15) is 0 Å². The fourth-order valence-electron chi connectivity index (χ4n) is 1.06. The second kappa shape index (κ2) is 7.43. The van der Waals surface area contributed by atoms with Gasteiger partial charge in [0.2, 0.25) is 0 Å². The zero-order chi connectivity index (χ0) is 9.40. The maximum atomic E-state index is 9.67. The topological polar surface area (TPSA) is 35.2 Å². The van der Waals surface area contributed by atoms with E-state index in [4.69, 9.17) is 10.5 Å². The van der Waals surface area contributed by atoms with Crippen molar-refractivity contribution in [3.05, 3.63) is 0 Å². The van der Waals surface area contributed by atoms with Crippen molar-refractivity contribution in [3.8, 4) is 0 Å². The van der Waals surface area contributed by atoms with Crippen LogP contribution >= 0.6 is 0 Å². The maximum absolute atomic E-state index is 9.67. The van der Waals surface area contributed by atoms with Crippen molar-refractivity contribution in [1.29, 1.82) is 0 Å². The van der Waals surface area contributed by atoms with Gasteiger partial charge in [0.25, 0.3) is 0 Å². The van der Waals surface area contributed by atoms with Crippen LogP contribution in [0.2, 0.25) is 0 Å². The van der Waals surface area contributed by atoms with Crippen molar-refractivity contribution in [2.75, 3.05) is 13.2 Å². The lowest BCUT2D eigenvalue weighted by Crippen LogP contribution is -2.11. The summed E-state index contributed by atoms with van der Waals surface area (Å²) in [5.74, 6) is 0. The molecule has 1 aliphatic rings. The first-order chi connectivity index (χ1) is 5.66. The lowest BCUT2D eigenvalue weighted by atomic mass is 10.2. The highest BCUT2D eigenvalue weighted by atomic mass is 19.4. The Balaban J connectivity index is 0.000000261. The van der Waals surface area contributed by atoms with E-state index < -0.39 is 7.54 Å². The van der Waals surface area contributed by atoms with Gasteiger partial charge in [-0.1, -0.05) is 0 Å². The van der Waals surface area contributed by atoms with Crippen molar-refractivity contribution in [2.24, 2.45) is 5.73 Å². The fraction of sp³-hybridized carbons (Fsp3) is 1.00. The third kappa shape index (κ3) is 7.88. The van der Waals surface area contributed by atoms with Crippen molar-refractivity contribution in [3.63, 3.8) is 0 Å². The minimum atomic E-state index is -3.67. The SMILES string of the molecule is FB(F)F.NCCC1CCCO1. The van der Waals surface area contributed by atoms with Crippen LogP contribution in [0.3, 0.4) is 0 Å². The Bertz CT molecular complexity index is 98.0. The average Bonchev–Trinajstić information content (AvgIpc) is 2.39. The van der Waals surface area contributed by atoms with Crippen LogP contribution in [0.4, 0.5) is 12.9 Å². The monoisotopic (exact) mass is 183 g/mol. The van der Waals surface area contributed by atoms with Gasteiger partial charge in [-0.05, 0) is 25.8 Å². The van der Waals surface area contributed by atoms with Crippen molar-refractivity contribution >= 4 is 7.54 Å². The molecule has 0 saturated carbocycles. The molecule has 0 radical (unpaired) electrons. The summed E-state index contributed by atoms with van der Waals surface area (Å²) in [7, 11) is -3.67. The van der Waals surface area contributed by atoms with E-state index in [1.54, 1.807) is 0 Å². The minimum Gasteiger partial charge on any atom is -0.378 e. The van der Waals surface area contributed by atoms with Gasteiger partial charge in [0.05, 0.1) is 6.10 Å². The Kier molecular flexibility index (Phi) is 7.29. The molecule has 1 saturated heterocycles. The van der Waals surface area contributed by atoms with E-state index in [2.05, 4.69) is 0 Å². The molecule has 0 aromatic rings. The Morgan fingerprint density at radius 3 is 2.33 bits per heavy atom. The summed E-state index contributed by atoms with van der Waals surface area (Å²) in [5, 5.41) is 0. The van der Waals surface area contributed by atoms with E-state index >= 15 is 0 Å². The molecule has 6 heteroatoms. The molecule has 72 valence electrons. The number of ether oxygens (including phenoxy) is 1. The van der Waals surface area contributed by atoms with Crippen LogP contribution in [-0.4, -0.2) is 26.8 Å². The van der Waals surface area contributed by atoms with Gasteiger partial charge in [0.15, 0.2) is 0 Å². The lowest BCUT2D eigenvalue weighted by molar-refractivity contribution is 0.106. The Morgan fingerprint density at radius 1 is 1.42 bits per heavy atom. The molecule has 2 N–H and O–H groups in total. The first kappa shape index (κ1) is 11.8. The molecular weight excluding hydrogens is 170 g/mol. The standard InChI is InChI=1S/C6H13NO.BF3/c7-4-3-6-2-1-5-8-6;2-1(3)4/h6H,1-5,7H2;. The quantitative estimate of drug-likeness (QED) is 0.656. The second-order valence-corrected chi connectivity index (χ2v) is 2.46. The minimum absolute atomic E-state index is 0.486. The molecule has 1 unspecified atom stereocenters. The molecule has 0 amide bonds. The third-order valence-corrected chi connectivity index (χ3v) is 1.51. The van der Waals surface area contributed by atoms with Crippen LogP contribution in [0.15, 0.2) is 0 Å². The molecule has 0 aromatic heterocycles. The molecule has 1 rings (SSSR count). The van der Waals surface area contributed by atoms with Crippen molar-refractivity contribution in [2.45, 2.75) is 25.4 Å². The summed E-state index contributed by atoms with van der Waals surface area (Å²) < 4.78 is 34.3. The third-order valence-electron chi connectivity index (χ3n) is 1.51. The van der Waals surface area contributed by atoms with Crippen LogP contribution < -0.4 is 5.73 Å². The second-order valence-electron chi connectivity index (χ2n) is 2.46. The lowest BCUT2D eigenvalue weighted by Gasteiger charge is -2.04. The summed E-state index contributed by atoms with van der Waals surface area (Å²) in [4.78, 5) is 0. The van der Waals surface area contributed by atoms with E-state index in [0.29, 0.717) is 6.10 Å². The predicted octanol–water partition coefficient (Wildman–Crippen LogP) is 1.39. The summed E-state index contributed by atoms with van der Waals surface area (Å²) in [6.45, 7) is 1.72. The highest BCUT2D eigenvalue weighted by Crippen LogP contribution is 2.13. The molecule has 12 heavy (non-hydrogen) atoms. The van der Waals surface area contributed by atoms with Gasteiger partial charge in [-0.3, -0.25) is 12.9 Å². The van der Waals surface area contributed by atoms with Crippen molar-refractivity contribution < 1.29 is 17.7 Å². The van der Waals surface area contributed by atoms with E-state index in [1.807, 2.05) is 0 Å². The smallest absolute Gasteiger partial charge is 0.378 e. The number of hydrogen-bond donors (Lipinski definition) is 1. The van der Waals surface area contributed by atoms with Crippen LogP contribution in [0.25, 0.3) is 0 Å². The van der Waals surface area contributed by atoms with Gasteiger partial charge in [-0.2, -0.15) is 0 Å². The highest BCUT2D eigenvalue weighted by Gasteiger charge is 2.13. The van der Waals surface area contributed by atoms with Crippen LogP contribution in [0.5, 0.6) is 0 Å². The molecule has 0 bridgehead atoms. The molecule has 1 fully saturated rings. The molecule has 2 nitrogen and oxygen atoms in total. The average molecular weight is 183 g/mol. The first-order valence-electron chi connectivity index (χ1n) is 3.90. The van der Waals surface area contributed by atoms with Gasteiger partial charge in [-0.15, -0.1) is 0 Å². The molecule has 0 aromatic carbocycles. The summed E-state index contributed by atoms with van der Waals surface area (Å²) >= 11 is 0. The molecule has 1 atom stereocenters. The number of nitrogens with two attached hydrogens (primary N) is 1. The first-order valence-corrected chi connectivity index (χ1v) is 3.90. The Labute approximate surface area is 70.5 Å². The molecule has 0 spiro atoms. The van der Waals surface area contributed by atoms with Crippen LogP contribution in [-0.2, 0) is 4.74 Å². The zero-order valence-electron chi connectivity index (χ0n) is 6.81. The van der Waals surface area contributed by atoms with E-state index in [1.165, 1.54) is 12.8 Å². The number of halogens is 3. The molecular formula is C6H13BF3NO. The normalized spacial score (nSPS) is 21.5. The number of rotatable bonds is 2. The summed E-state index contributed by atoms with van der Waals surface area (Å²) in [6, 6.07) is 0. The van der Waals surface area contributed by atoms with Gasteiger partial charge in [0, 0.05) is 6.61 Å². The summed E-state index contributed by atoms with van der Waals surface area (Å²) in [6.07, 6.45) is 3.97. The Hall–Kier alpha value is -0.225. The molecule has 1 aliphatic heterocycles. The highest BCUT2D eigenvalue weighted by molar-refractivity contribution is 6.33. The van der Waals surface area contributed by atoms with Crippen LogP contribution in [0, 0.1) is 0 Å². The van der Waals surface area contributed by atoms with Crippen molar-refractivity contribution in [1.82, 2.24) is 0 Å². The predicted molar refractivity (Wildman–Crippen MR) is 41.7 cm³/mol. The van der Waals surface area contributed by atoms with Crippen LogP contribution in [0.1, 0.15) is 19.3 Å². The largest absolute Gasteiger partial charge is 0.762 e. The van der Waals surface area contributed by atoms with E-state index in [-0.39, 0.29) is 0 Å². The van der Waals surface area contributed by atoms with E-state index in [9.17, 15) is 12.9 Å².